The van der Waals surface area contributed by atoms with Gasteiger partial charge in [-0.2, -0.15) is 0 Å². The third-order valence-electron chi connectivity index (χ3n) is 2.66. The fraction of sp³-hybridized carbons (Fsp3) is 0.143. The third kappa shape index (κ3) is 2.97. The monoisotopic (exact) mass is 230 g/mol. The molecule has 2 nitrogen and oxygen atoms in total. The van der Waals surface area contributed by atoms with Crippen molar-refractivity contribution in [2.75, 3.05) is 11.1 Å². The Morgan fingerprint density at radius 3 is 2.71 bits per heavy atom. The largest absolute Gasteiger partial charge is 0.399 e. The summed E-state index contributed by atoms with van der Waals surface area (Å²) in [5, 5.41) is 3.23. The van der Waals surface area contributed by atoms with Crippen LogP contribution in [0.5, 0.6) is 0 Å². The van der Waals surface area contributed by atoms with Gasteiger partial charge in [-0.25, -0.2) is 4.39 Å². The summed E-state index contributed by atoms with van der Waals surface area (Å²) in [6.45, 7) is 2.56. The highest BCUT2D eigenvalue weighted by Crippen LogP contribution is 2.17. The van der Waals surface area contributed by atoms with Crippen molar-refractivity contribution in [2.24, 2.45) is 0 Å². The van der Waals surface area contributed by atoms with Crippen LogP contribution in [0.15, 0.2) is 42.5 Å². The Morgan fingerprint density at radius 2 is 2.00 bits per heavy atom. The second-order valence-corrected chi connectivity index (χ2v) is 4.05. The number of nitrogens with two attached hydrogens (primary N) is 1. The molecule has 0 radical (unpaired) electrons. The lowest BCUT2D eigenvalue weighted by Gasteiger charge is -2.08. The second kappa shape index (κ2) is 4.87. The summed E-state index contributed by atoms with van der Waals surface area (Å²) >= 11 is 0. The van der Waals surface area contributed by atoms with Crippen LogP contribution in [0.4, 0.5) is 15.8 Å². The molecule has 3 heteroatoms. The molecule has 0 saturated heterocycles. The van der Waals surface area contributed by atoms with E-state index in [0.29, 0.717) is 6.54 Å². The summed E-state index contributed by atoms with van der Waals surface area (Å²) in [5.41, 5.74) is 9.46. The number of nitrogen functional groups attached to an aromatic ring is 1. The van der Waals surface area contributed by atoms with Crippen molar-refractivity contribution in [3.63, 3.8) is 0 Å². The molecule has 0 amide bonds. The summed E-state index contributed by atoms with van der Waals surface area (Å²) in [6, 6.07) is 12.3. The number of hydrogen-bond donors (Lipinski definition) is 2. The van der Waals surface area contributed by atoms with Crippen molar-refractivity contribution in [3.8, 4) is 0 Å². The molecule has 0 aliphatic heterocycles. The molecule has 17 heavy (non-hydrogen) atoms. The molecular formula is C14H15FN2. The minimum absolute atomic E-state index is 0.210. The van der Waals surface area contributed by atoms with Gasteiger partial charge in [0.2, 0.25) is 0 Å². The van der Waals surface area contributed by atoms with Crippen LogP contribution in [-0.2, 0) is 6.54 Å². The van der Waals surface area contributed by atoms with Gasteiger partial charge in [-0.15, -0.1) is 0 Å². The van der Waals surface area contributed by atoms with E-state index < -0.39 is 0 Å². The van der Waals surface area contributed by atoms with E-state index in [4.69, 9.17) is 5.73 Å². The van der Waals surface area contributed by atoms with Crippen molar-refractivity contribution in [2.45, 2.75) is 13.5 Å². The van der Waals surface area contributed by atoms with Gasteiger partial charge in [0.15, 0.2) is 0 Å². The molecule has 2 aromatic carbocycles. The smallest absolute Gasteiger partial charge is 0.123 e. The quantitative estimate of drug-likeness (QED) is 0.794. The van der Waals surface area contributed by atoms with Gasteiger partial charge in [-0.3, -0.25) is 0 Å². The lowest BCUT2D eigenvalue weighted by atomic mass is 10.1. The maximum Gasteiger partial charge on any atom is 0.123 e. The summed E-state index contributed by atoms with van der Waals surface area (Å²) in [5.74, 6) is -0.210. The molecule has 3 N–H and O–H groups in total. The first-order valence-electron chi connectivity index (χ1n) is 5.49. The predicted octanol–water partition coefficient (Wildman–Crippen LogP) is 3.33. The topological polar surface area (TPSA) is 38.0 Å². The summed E-state index contributed by atoms with van der Waals surface area (Å²) in [4.78, 5) is 0. The highest BCUT2D eigenvalue weighted by atomic mass is 19.1. The molecule has 0 unspecified atom stereocenters. The van der Waals surface area contributed by atoms with E-state index in [1.54, 1.807) is 6.07 Å². The number of anilines is 2. The molecule has 0 bridgehead atoms. The number of nitrogens with one attached hydrogen (secondary N) is 1. The molecule has 0 fully saturated rings. The lowest BCUT2D eigenvalue weighted by Crippen LogP contribution is -2.00. The Labute approximate surface area is 100 Å². The molecule has 0 atom stereocenters. The molecule has 0 aliphatic carbocycles. The van der Waals surface area contributed by atoms with E-state index in [0.717, 1.165) is 22.5 Å². The molecule has 2 aromatic rings. The van der Waals surface area contributed by atoms with Gasteiger partial charge < -0.3 is 11.1 Å². The van der Waals surface area contributed by atoms with Crippen molar-refractivity contribution >= 4 is 11.4 Å². The first kappa shape index (κ1) is 11.5. The Morgan fingerprint density at radius 1 is 1.18 bits per heavy atom. The molecule has 0 aliphatic rings. The van der Waals surface area contributed by atoms with Crippen molar-refractivity contribution in [3.05, 3.63) is 59.4 Å². The lowest BCUT2D eigenvalue weighted by molar-refractivity contribution is 0.626. The Balaban J connectivity index is 2.05. The van der Waals surface area contributed by atoms with E-state index in [-0.39, 0.29) is 5.82 Å². The zero-order chi connectivity index (χ0) is 12.3. The maximum absolute atomic E-state index is 13.0. The zero-order valence-electron chi connectivity index (χ0n) is 9.70. The van der Waals surface area contributed by atoms with Gasteiger partial charge in [-0.05, 0) is 48.4 Å². The van der Waals surface area contributed by atoms with Gasteiger partial charge in [0.25, 0.3) is 0 Å². The second-order valence-electron chi connectivity index (χ2n) is 4.05. The van der Waals surface area contributed by atoms with Gasteiger partial charge in [0, 0.05) is 17.9 Å². The van der Waals surface area contributed by atoms with Crippen LogP contribution in [0.25, 0.3) is 0 Å². The van der Waals surface area contributed by atoms with Crippen LogP contribution >= 0.6 is 0 Å². The van der Waals surface area contributed by atoms with E-state index in [1.807, 2.05) is 31.2 Å². The van der Waals surface area contributed by atoms with E-state index in [2.05, 4.69) is 5.32 Å². The standard InChI is InChI=1S/C14H15FN2/c1-10-7-13(5-6-14(10)16)17-9-11-3-2-4-12(15)8-11/h2-8,17H,9,16H2,1H3. The van der Waals surface area contributed by atoms with Gasteiger partial charge in [-0.1, -0.05) is 12.1 Å². The predicted molar refractivity (Wildman–Crippen MR) is 69.3 cm³/mol. The number of halogens is 1. The van der Waals surface area contributed by atoms with Crippen molar-refractivity contribution in [1.29, 1.82) is 0 Å². The molecule has 0 saturated carbocycles. The van der Waals surface area contributed by atoms with Gasteiger partial charge in [0.05, 0.1) is 0 Å². The minimum Gasteiger partial charge on any atom is -0.399 e. The number of aryl methyl sites for hydroxylation is 1. The molecule has 88 valence electrons. The maximum atomic E-state index is 13.0. The highest BCUT2D eigenvalue weighted by Gasteiger charge is 1.98. The zero-order valence-corrected chi connectivity index (χ0v) is 9.70. The van der Waals surface area contributed by atoms with Crippen LogP contribution in [-0.4, -0.2) is 0 Å². The number of rotatable bonds is 3. The van der Waals surface area contributed by atoms with Crippen LogP contribution in [0.3, 0.4) is 0 Å². The third-order valence-corrected chi connectivity index (χ3v) is 2.66. The SMILES string of the molecule is Cc1cc(NCc2cccc(F)c2)ccc1N. The molecule has 2 rings (SSSR count). The summed E-state index contributed by atoms with van der Waals surface area (Å²) in [6.07, 6.45) is 0. The fourth-order valence-electron chi connectivity index (χ4n) is 1.64. The molecule has 0 aromatic heterocycles. The van der Waals surface area contributed by atoms with Crippen LogP contribution in [0.2, 0.25) is 0 Å². The van der Waals surface area contributed by atoms with Crippen molar-refractivity contribution < 1.29 is 4.39 Å². The fourth-order valence-corrected chi connectivity index (χ4v) is 1.64. The number of benzene rings is 2. The average molecular weight is 230 g/mol. The van der Waals surface area contributed by atoms with Gasteiger partial charge >= 0.3 is 0 Å². The normalized spacial score (nSPS) is 10.2. The van der Waals surface area contributed by atoms with Gasteiger partial charge in [0.1, 0.15) is 5.82 Å². The molecular weight excluding hydrogens is 215 g/mol. The first-order valence-corrected chi connectivity index (χ1v) is 5.49. The molecule has 0 heterocycles. The summed E-state index contributed by atoms with van der Waals surface area (Å²) in [7, 11) is 0. The van der Waals surface area contributed by atoms with E-state index >= 15 is 0 Å². The minimum atomic E-state index is -0.210. The first-order chi connectivity index (χ1) is 8.15. The Bertz CT molecular complexity index is 523. The van der Waals surface area contributed by atoms with E-state index in [1.165, 1.54) is 12.1 Å². The van der Waals surface area contributed by atoms with Crippen LogP contribution in [0, 0.1) is 12.7 Å². The van der Waals surface area contributed by atoms with Crippen LogP contribution < -0.4 is 11.1 Å². The van der Waals surface area contributed by atoms with Crippen molar-refractivity contribution in [1.82, 2.24) is 0 Å². The highest BCUT2D eigenvalue weighted by molar-refractivity contribution is 5.56. The summed E-state index contributed by atoms with van der Waals surface area (Å²) < 4.78 is 13.0. The van der Waals surface area contributed by atoms with E-state index in [9.17, 15) is 4.39 Å². The van der Waals surface area contributed by atoms with Crippen LogP contribution in [0.1, 0.15) is 11.1 Å². The Hall–Kier alpha value is -2.03. The average Bonchev–Trinajstić information content (AvgIpc) is 2.31. The number of hydrogen-bond acceptors (Lipinski definition) is 2. The molecule has 0 spiro atoms. The Kier molecular flexibility index (Phi) is 3.28.